The highest BCUT2D eigenvalue weighted by atomic mass is 19.1. The molecule has 33 heavy (non-hydrogen) atoms. The van der Waals surface area contributed by atoms with Gasteiger partial charge in [-0.3, -0.25) is 4.79 Å². The van der Waals surface area contributed by atoms with E-state index < -0.39 is 17.5 Å². The molecule has 0 bridgehead atoms. The molecule has 7 heteroatoms. The highest BCUT2D eigenvalue weighted by Gasteiger charge is 2.15. The van der Waals surface area contributed by atoms with Crippen LogP contribution < -0.4 is 15.8 Å². The number of nitrogens with zero attached hydrogens (tertiary/aromatic N) is 1. The quantitative estimate of drug-likeness (QED) is 0.410. The minimum Gasteiger partial charge on any atom is -0.438 e. The maximum absolute atomic E-state index is 14.7. The van der Waals surface area contributed by atoms with Crippen LogP contribution in [0.2, 0.25) is 0 Å². The lowest BCUT2D eigenvalue weighted by atomic mass is 10.0. The highest BCUT2D eigenvalue weighted by molar-refractivity contribution is 5.96. The van der Waals surface area contributed by atoms with Crippen molar-refractivity contribution in [3.8, 4) is 22.8 Å². The molecule has 0 aliphatic rings. The number of rotatable bonds is 7. The predicted octanol–water partition coefficient (Wildman–Crippen LogP) is 5.21. The number of carbonyl (C=O) groups is 1. The van der Waals surface area contributed by atoms with Gasteiger partial charge in [0, 0.05) is 24.8 Å². The lowest BCUT2D eigenvalue weighted by molar-refractivity contribution is 0.0947. The summed E-state index contributed by atoms with van der Waals surface area (Å²) in [6, 6.07) is 21.0. The molecular formula is C26H21F2N3O2. The molecule has 3 aromatic carbocycles. The van der Waals surface area contributed by atoms with E-state index in [-0.39, 0.29) is 18.0 Å². The smallest absolute Gasteiger partial charge is 0.257 e. The summed E-state index contributed by atoms with van der Waals surface area (Å²) < 4.78 is 33.4. The Kier molecular flexibility index (Phi) is 6.71. The van der Waals surface area contributed by atoms with E-state index in [0.717, 1.165) is 16.7 Å². The van der Waals surface area contributed by atoms with Crippen molar-refractivity contribution in [3.05, 3.63) is 113 Å². The van der Waals surface area contributed by atoms with E-state index in [4.69, 9.17) is 10.5 Å². The van der Waals surface area contributed by atoms with Crippen LogP contribution in [-0.4, -0.2) is 10.9 Å². The summed E-state index contributed by atoms with van der Waals surface area (Å²) in [7, 11) is 0. The summed E-state index contributed by atoms with van der Waals surface area (Å²) in [5, 5.41) is 2.69. The van der Waals surface area contributed by atoms with Crippen LogP contribution >= 0.6 is 0 Å². The van der Waals surface area contributed by atoms with E-state index in [9.17, 15) is 13.6 Å². The maximum atomic E-state index is 14.7. The standard InChI is InChI=1S/C26H21F2N3O2/c27-21-9-11-22(12-10-21)33-26-23(2-1-13-30-26)25(32)31-16-20-8-7-19(14-24(20)28)18-5-3-17(15-29)4-6-18/h1-14H,15-16,29H2,(H,31,32). The molecule has 0 saturated carbocycles. The topological polar surface area (TPSA) is 77.2 Å². The van der Waals surface area contributed by atoms with Crippen LogP contribution in [0.15, 0.2) is 85.1 Å². The van der Waals surface area contributed by atoms with Gasteiger partial charge < -0.3 is 15.8 Å². The predicted molar refractivity (Wildman–Crippen MR) is 122 cm³/mol. The van der Waals surface area contributed by atoms with Gasteiger partial charge in [-0.1, -0.05) is 36.4 Å². The first-order valence-corrected chi connectivity index (χ1v) is 10.3. The minimum atomic E-state index is -0.471. The summed E-state index contributed by atoms with van der Waals surface area (Å²) in [5.74, 6) is -0.892. The molecule has 4 aromatic rings. The highest BCUT2D eigenvalue weighted by Crippen LogP contribution is 2.24. The summed E-state index contributed by atoms with van der Waals surface area (Å²) in [6.45, 7) is 0.433. The van der Waals surface area contributed by atoms with Gasteiger partial charge in [0.15, 0.2) is 0 Å². The Morgan fingerprint density at radius 3 is 2.36 bits per heavy atom. The Hall–Kier alpha value is -4.10. The molecular weight excluding hydrogens is 424 g/mol. The Morgan fingerprint density at radius 2 is 1.67 bits per heavy atom. The fourth-order valence-corrected chi connectivity index (χ4v) is 3.23. The molecule has 4 rings (SSSR count). The number of carbonyl (C=O) groups excluding carboxylic acids is 1. The SMILES string of the molecule is NCc1ccc(-c2ccc(CNC(=O)c3cccnc3Oc3ccc(F)cc3)c(F)c2)cc1. The van der Waals surface area contributed by atoms with E-state index in [0.29, 0.717) is 17.9 Å². The number of benzene rings is 3. The number of hydrogen-bond donors (Lipinski definition) is 2. The molecule has 0 fully saturated rings. The first-order valence-electron chi connectivity index (χ1n) is 10.3. The Morgan fingerprint density at radius 1 is 0.939 bits per heavy atom. The van der Waals surface area contributed by atoms with Gasteiger partial charge in [0.05, 0.1) is 0 Å². The Labute approximate surface area is 189 Å². The van der Waals surface area contributed by atoms with Crippen molar-refractivity contribution in [2.24, 2.45) is 5.73 Å². The van der Waals surface area contributed by atoms with Gasteiger partial charge in [-0.25, -0.2) is 13.8 Å². The van der Waals surface area contributed by atoms with Gasteiger partial charge in [-0.05, 0) is 59.2 Å². The van der Waals surface area contributed by atoms with Gasteiger partial charge >= 0.3 is 0 Å². The van der Waals surface area contributed by atoms with Crippen LogP contribution in [0.4, 0.5) is 8.78 Å². The van der Waals surface area contributed by atoms with Crippen molar-refractivity contribution >= 4 is 5.91 Å². The molecule has 0 aliphatic heterocycles. The van der Waals surface area contributed by atoms with Crippen molar-refractivity contribution in [1.82, 2.24) is 10.3 Å². The average molecular weight is 445 g/mol. The number of pyridine rings is 1. The molecule has 5 nitrogen and oxygen atoms in total. The summed E-state index contributed by atoms with van der Waals surface area (Å²) >= 11 is 0. The number of halogens is 2. The molecule has 0 radical (unpaired) electrons. The van der Waals surface area contributed by atoms with Crippen LogP contribution in [0, 0.1) is 11.6 Å². The van der Waals surface area contributed by atoms with Crippen LogP contribution in [0.25, 0.3) is 11.1 Å². The number of ether oxygens (including phenoxy) is 1. The average Bonchev–Trinajstić information content (AvgIpc) is 2.85. The van der Waals surface area contributed by atoms with Crippen LogP contribution in [-0.2, 0) is 13.1 Å². The zero-order valence-electron chi connectivity index (χ0n) is 17.6. The van der Waals surface area contributed by atoms with Gasteiger partial charge in [0.25, 0.3) is 5.91 Å². The van der Waals surface area contributed by atoms with E-state index in [1.807, 2.05) is 24.3 Å². The van der Waals surface area contributed by atoms with Crippen molar-refractivity contribution < 1.29 is 18.3 Å². The van der Waals surface area contributed by atoms with Gasteiger partial charge in [0.1, 0.15) is 22.9 Å². The molecule has 0 saturated heterocycles. The Bertz CT molecular complexity index is 1260. The molecule has 0 unspecified atom stereocenters. The summed E-state index contributed by atoms with van der Waals surface area (Å²) in [6.07, 6.45) is 1.48. The number of nitrogens with two attached hydrogens (primary N) is 1. The second-order valence-corrected chi connectivity index (χ2v) is 7.30. The van der Waals surface area contributed by atoms with E-state index >= 15 is 0 Å². The van der Waals surface area contributed by atoms with Crippen molar-refractivity contribution in [2.45, 2.75) is 13.1 Å². The fraction of sp³-hybridized carbons (Fsp3) is 0.0769. The number of hydrogen-bond acceptors (Lipinski definition) is 4. The number of amides is 1. The molecule has 1 amide bonds. The second-order valence-electron chi connectivity index (χ2n) is 7.30. The maximum Gasteiger partial charge on any atom is 0.257 e. The van der Waals surface area contributed by atoms with Crippen LogP contribution in [0.1, 0.15) is 21.5 Å². The molecule has 0 atom stereocenters. The molecule has 1 aromatic heterocycles. The fourth-order valence-electron chi connectivity index (χ4n) is 3.23. The monoisotopic (exact) mass is 445 g/mol. The third kappa shape index (κ3) is 5.39. The third-order valence-electron chi connectivity index (χ3n) is 5.06. The molecule has 0 spiro atoms. The van der Waals surface area contributed by atoms with E-state index in [2.05, 4.69) is 10.3 Å². The lowest BCUT2D eigenvalue weighted by Gasteiger charge is -2.11. The number of nitrogens with one attached hydrogen (secondary N) is 1. The van der Waals surface area contributed by atoms with Crippen molar-refractivity contribution in [2.75, 3.05) is 0 Å². The molecule has 1 heterocycles. The lowest BCUT2D eigenvalue weighted by Crippen LogP contribution is -2.24. The minimum absolute atomic E-state index is 0.0120. The van der Waals surface area contributed by atoms with E-state index in [1.54, 1.807) is 24.3 Å². The summed E-state index contributed by atoms with van der Waals surface area (Å²) in [4.78, 5) is 16.8. The molecule has 3 N–H and O–H groups in total. The zero-order chi connectivity index (χ0) is 23.2. The molecule has 166 valence electrons. The first-order chi connectivity index (χ1) is 16.0. The van der Waals surface area contributed by atoms with Crippen LogP contribution in [0.5, 0.6) is 11.6 Å². The normalized spacial score (nSPS) is 10.6. The van der Waals surface area contributed by atoms with Gasteiger partial charge in [-0.2, -0.15) is 0 Å². The second kappa shape index (κ2) is 10.0. The summed E-state index contributed by atoms with van der Waals surface area (Å²) in [5.41, 5.74) is 8.74. The van der Waals surface area contributed by atoms with Gasteiger partial charge in [-0.15, -0.1) is 0 Å². The zero-order valence-corrected chi connectivity index (χ0v) is 17.6. The van der Waals surface area contributed by atoms with Crippen LogP contribution in [0.3, 0.4) is 0 Å². The van der Waals surface area contributed by atoms with E-state index in [1.165, 1.54) is 36.5 Å². The Balaban J connectivity index is 1.45. The third-order valence-corrected chi connectivity index (χ3v) is 5.06. The van der Waals surface area contributed by atoms with Crippen molar-refractivity contribution in [1.29, 1.82) is 0 Å². The first kappa shape index (κ1) is 22.1. The largest absolute Gasteiger partial charge is 0.438 e. The van der Waals surface area contributed by atoms with Gasteiger partial charge in [0.2, 0.25) is 5.88 Å². The van der Waals surface area contributed by atoms with Crippen molar-refractivity contribution in [3.63, 3.8) is 0 Å². The number of aromatic nitrogens is 1. The molecule has 0 aliphatic carbocycles.